The van der Waals surface area contributed by atoms with E-state index in [-0.39, 0.29) is 17.5 Å². The molecule has 0 spiro atoms. The number of hydrogen-bond acceptors (Lipinski definition) is 4. The second-order valence-electron chi connectivity index (χ2n) is 5.60. The summed E-state index contributed by atoms with van der Waals surface area (Å²) in [6.07, 6.45) is 4.49. The van der Waals surface area contributed by atoms with Gasteiger partial charge < -0.3 is 15.2 Å². The number of hydrogen-bond donors (Lipinski definition) is 1. The highest BCUT2D eigenvalue weighted by Gasteiger charge is 2.51. The largest absolute Gasteiger partial charge is 0.469 e. The van der Waals surface area contributed by atoms with Gasteiger partial charge in [-0.25, -0.2) is 0 Å². The van der Waals surface area contributed by atoms with Crippen molar-refractivity contribution in [3.05, 3.63) is 0 Å². The molecule has 1 saturated carbocycles. The van der Waals surface area contributed by atoms with Crippen molar-refractivity contribution in [3.63, 3.8) is 0 Å². The molecule has 1 aliphatic rings. The SMILES string of the molecule is COC(=O)CC1(C(C)(C)N)CCCCC1OC. The van der Waals surface area contributed by atoms with Gasteiger partial charge in [-0.15, -0.1) is 0 Å². The van der Waals surface area contributed by atoms with Crippen LogP contribution in [0.2, 0.25) is 0 Å². The molecule has 100 valence electrons. The van der Waals surface area contributed by atoms with Crippen molar-refractivity contribution >= 4 is 5.97 Å². The van der Waals surface area contributed by atoms with Gasteiger partial charge in [0.1, 0.15) is 0 Å². The summed E-state index contributed by atoms with van der Waals surface area (Å²) in [6.45, 7) is 3.96. The van der Waals surface area contributed by atoms with Gasteiger partial charge in [-0.2, -0.15) is 0 Å². The topological polar surface area (TPSA) is 61.5 Å². The predicted molar refractivity (Wildman–Crippen MR) is 66.6 cm³/mol. The number of rotatable bonds is 4. The summed E-state index contributed by atoms with van der Waals surface area (Å²) in [5.74, 6) is -0.201. The summed E-state index contributed by atoms with van der Waals surface area (Å²) in [7, 11) is 3.12. The summed E-state index contributed by atoms with van der Waals surface area (Å²) >= 11 is 0. The van der Waals surface area contributed by atoms with Crippen LogP contribution < -0.4 is 5.73 Å². The van der Waals surface area contributed by atoms with Gasteiger partial charge in [0.05, 0.1) is 19.6 Å². The molecule has 0 aromatic carbocycles. The first-order chi connectivity index (χ1) is 7.87. The number of ether oxygens (including phenoxy) is 2. The van der Waals surface area contributed by atoms with Crippen LogP contribution in [-0.4, -0.2) is 31.8 Å². The Morgan fingerprint density at radius 1 is 1.41 bits per heavy atom. The molecular weight excluding hydrogens is 218 g/mol. The zero-order valence-electron chi connectivity index (χ0n) is 11.4. The molecule has 2 N–H and O–H groups in total. The summed E-state index contributed by atoms with van der Waals surface area (Å²) in [5.41, 5.74) is 5.56. The Balaban J connectivity index is 3.02. The molecule has 1 rings (SSSR count). The molecule has 2 atom stereocenters. The minimum Gasteiger partial charge on any atom is -0.469 e. The molecule has 0 saturated heterocycles. The lowest BCUT2D eigenvalue weighted by Crippen LogP contribution is -2.59. The van der Waals surface area contributed by atoms with Gasteiger partial charge in [0, 0.05) is 18.1 Å². The Bertz CT molecular complexity index is 272. The fraction of sp³-hybridized carbons (Fsp3) is 0.923. The van der Waals surface area contributed by atoms with Crippen molar-refractivity contribution < 1.29 is 14.3 Å². The Morgan fingerprint density at radius 2 is 2.06 bits per heavy atom. The minimum atomic E-state index is -0.456. The van der Waals surface area contributed by atoms with Crippen molar-refractivity contribution in [3.8, 4) is 0 Å². The predicted octanol–water partition coefficient (Wildman–Crippen LogP) is 1.86. The molecule has 0 amide bonds. The normalized spacial score (nSPS) is 30.1. The van der Waals surface area contributed by atoms with Gasteiger partial charge in [-0.05, 0) is 26.7 Å². The Morgan fingerprint density at radius 3 is 2.53 bits per heavy atom. The summed E-state index contributed by atoms with van der Waals surface area (Å²) in [5, 5.41) is 0. The van der Waals surface area contributed by atoms with Crippen molar-refractivity contribution in [2.24, 2.45) is 11.1 Å². The Hall–Kier alpha value is -0.610. The molecule has 0 aromatic rings. The van der Waals surface area contributed by atoms with E-state index in [1.807, 2.05) is 13.8 Å². The smallest absolute Gasteiger partial charge is 0.306 e. The molecular formula is C13H25NO3. The third kappa shape index (κ3) is 2.80. The highest BCUT2D eigenvalue weighted by Crippen LogP contribution is 2.47. The van der Waals surface area contributed by atoms with Gasteiger partial charge in [0.25, 0.3) is 0 Å². The maximum Gasteiger partial charge on any atom is 0.306 e. The van der Waals surface area contributed by atoms with E-state index in [9.17, 15) is 4.79 Å². The standard InChI is InChI=1S/C13H25NO3/c1-12(2,14)13(9-11(15)17-4)8-6-5-7-10(13)16-3/h10H,5-9,14H2,1-4H3. The van der Waals surface area contributed by atoms with Crippen LogP contribution in [0.15, 0.2) is 0 Å². The molecule has 4 nitrogen and oxygen atoms in total. The van der Waals surface area contributed by atoms with E-state index < -0.39 is 5.54 Å². The average Bonchev–Trinajstić information content (AvgIpc) is 2.28. The number of esters is 1. The summed E-state index contributed by atoms with van der Waals surface area (Å²) in [6, 6.07) is 0. The molecule has 0 bridgehead atoms. The number of carbonyl (C=O) groups excluding carboxylic acids is 1. The fourth-order valence-electron chi connectivity index (χ4n) is 3.05. The highest BCUT2D eigenvalue weighted by molar-refractivity contribution is 5.70. The first kappa shape index (κ1) is 14.5. The van der Waals surface area contributed by atoms with Crippen molar-refractivity contribution in [2.75, 3.05) is 14.2 Å². The second-order valence-corrected chi connectivity index (χ2v) is 5.60. The van der Waals surface area contributed by atoms with E-state index in [1.165, 1.54) is 7.11 Å². The lowest BCUT2D eigenvalue weighted by atomic mass is 9.59. The van der Waals surface area contributed by atoms with Crippen LogP contribution in [0.3, 0.4) is 0 Å². The van der Waals surface area contributed by atoms with Crippen LogP contribution in [0.1, 0.15) is 46.0 Å². The Labute approximate surface area is 104 Å². The van der Waals surface area contributed by atoms with Gasteiger partial charge in [0.2, 0.25) is 0 Å². The van der Waals surface area contributed by atoms with Gasteiger partial charge in [0.15, 0.2) is 0 Å². The van der Waals surface area contributed by atoms with Crippen molar-refractivity contribution in [2.45, 2.75) is 57.6 Å². The lowest BCUT2D eigenvalue weighted by molar-refractivity contribution is -0.152. The molecule has 4 heteroatoms. The van der Waals surface area contributed by atoms with Crippen LogP contribution in [0.5, 0.6) is 0 Å². The first-order valence-corrected chi connectivity index (χ1v) is 6.26. The molecule has 1 aliphatic carbocycles. The molecule has 0 aliphatic heterocycles. The lowest BCUT2D eigenvalue weighted by Gasteiger charge is -2.51. The van der Waals surface area contributed by atoms with Crippen LogP contribution >= 0.6 is 0 Å². The zero-order chi connectivity index (χ0) is 13.1. The van der Waals surface area contributed by atoms with Gasteiger partial charge in [-0.1, -0.05) is 12.8 Å². The Kier molecular flexibility index (Phi) is 4.55. The number of methoxy groups -OCH3 is 2. The van der Waals surface area contributed by atoms with Crippen molar-refractivity contribution in [1.82, 2.24) is 0 Å². The van der Waals surface area contributed by atoms with Crippen LogP contribution in [0, 0.1) is 5.41 Å². The maximum absolute atomic E-state index is 11.7. The molecule has 0 aromatic heterocycles. The van der Waals surface area contributed by atoms with E-state index in [2.05, 4.69) is 0 Å². The van der Waals surface area contributed by atoms with E-state index >= 15 is 0 Å². The second kappa shape index (κ2) is 5.36. The third-order valence-electron chi connectivity index (χ3n) is 4.21. The van der Waals surface area contributed by atoms with Gasteiger partial charge >= 0.3 is 5.97 Å². The zero-order valence-corrected chi connectivity index (χ0v) is 11.4. The van der Waals surface area contributed by atoms with Crippen LogP contribution in [-0.2, 0) is 14.3 Å². The fourth-order valence-corrected chi connectivity index (χ4v) is 3.05. The molecule has 0 heterocycles. The summed E-state index contributed by atoms with van der Waals surface area (Å²) < 4.78 is 10.4. The minimum absolute atomic E-state index is 0.0374. The monoisotopic (exact) mass is 243 g/mol. The molecule has 17 heavy (non-hydrogen) atoms. The average molecular weight is 243 g/mol. The summed E-state index contributed by atoms with van der Waals surface area (Å²) in [4.78, 5) is 11.7. The van der Waals surface area contributed by atoms with E-state index in [1.54, 1.807) is 7.11 Å². The third-order valence-corrected chi connectivity index (χ3v) is 4.21. The van der Waals surface area contributed by atoms with E-state index in [0.717, 1.165) is 25.7 Å². The molecule has 0 radical (unpaired) electrons. The maximum atomic E-state index is 11.7. The number of nitrogens with two attached hydrogens (primary N) is 1. The van der Waals surface area contributed by atoms with Crippen LogP contribution in [0.4, 0.5) is 0 Å². The highest BCUT2D eigenvalue weighted by atomic mass is 16.5. The quantitative estimate of drug-likeness (QED) is 0.766. The first-order valence-electron chi connectivity index (χ1n) is 6.26. The van der Waals surface area contributed by atoms with E-state index in [0.29, 0.717) is 6.42 Å². The number of carbonyl (C=O) groups is 1. The molecule has 2 unspecified atom stereocenters. The van der Waals surface area contributed by atoms with Gasteiger partial charge in [-0.3, -0.25) is 4.79 Å². The van der Waals surface area contributed by atoms with Crippen molar-refractivity contribution in [1.29, 1.82) is 0 Å². The van der Waals surface area contributed by atoms with E-state index in [4.69, 9.17) is 15.2 Å². The van der Waals surface area contributed by atoms with Crippen LogP contribution in [0.25, 0.3) is 0 Å². The molecule has 1 fully saturated rings.